The number of rotatable bonds is 2. The van der Waals surface area contributed by atoms with E-state index in [-0.39, 0.29) is 17.8 Å². The number of aromatic carboxylic acids is 1. The Hall–Kier alpha value is -1.62. The zero-order chi connectivity index (χ0) is 12.4. The number of morpholine rings is 1. The Morgan fingerprint density at radius 1 is 1.47 bits per heavy atom. The fraction of sp³-hybridized carbons (Fsp3) is 0.500. The first-order valence-electron chi connectivity index (χ1n) is 5.65. The van der Waals surface area contributed by atoms with E-state index in [1.54, 1.807) is 12.3 Å². The standard InChI is InChI=1S/C12H16N2O3/c1-8-6-14(7-9(2)17-8)11-3-4-13-5-10(11)12(15)16/h3-5,8-9H,6-7H2,1-2H3,(H,15,16). The van der Waals surface area contributed by atoms with Gasteiger partial charge in [0.2, 0.25) is 0 Å². The molecule has 5 heteroatoms. The van der Waals surface area contributed by atoms with Crippen LogP contribution in [0, 0.1) is 0 Å². The van der Waals surface area contributed by atoms with E-state index in [0.29, 0.717) is 13.1 Å². The highest BCUT2D eigenvalue weighted by Crippen LogP contribution is 2.23. The van der Waals surface area contributed by atoms with Gasteiger partial charge in [0.1, 0.15) is 5.56 Å². The highest BCUT2D eigenvalue weighted by atomic mass is 16.5. The number of ether oxygens (including phenoxy) is 1. The maximum absolute atomic E-state index is 11.1. The van der Waals surface area contributed by atoms with Crippen molar-refractivity contribution in [2.75, 3.05) is 18.0 Å². The van der Waals surface area contributed by atoms with Gasteiger partial charge in [0.05, 0.1) is 17.9 Å². The van der Waals surface area contributed by atoms with E-state index in [4.69, 9.17) is 9.84 Å². The lowest BCUT2D eigenvalue weighted by molar-refractivity contribution is -0.00532. The molecule has 17 heavy (non-hydrogen) atoms. The number of hydrogen-bond acceptors (Lipinski definition) is 4. The lowest BCUT2D eigenvalue weighted by Crippen LogP contribution is -2.46. The predicted molar refractivity (Wildman–Crippen MR) is 63.4 cm³/mol. The van der Waals surface area contributed by atoms with Gasteiger partial charge in [-0.15, -0.1) is 0 Å². The van der Waals surface area contributed by atoms with Crippen LogP contribution in [0.15, 0.2) is 18.5 Å². The summed E-state index contributed by atoms with van der Waals surface area (Å²) in [6.07, 6.45) is 3.22. The number of pyridine rings is 1. The third-order valence-electron chi connectivity index (χ3n) is 2.79. The Labute approximate surface area is 100 Å². The molecule has 1 N–H and O–H groups in total. The van der Waals surface area contributed by atoms with E-state index in [0.717, 1.165) is 5.69 Å². The molecule has 0 bridgehead atoms. The maximum atomic E-state index is 11.1. The summed E-state index contributed by atoms with van der Waals surface area (Å²) in [4.78, 5) is 17.0. The fourth-order valence-electron chi connectivity index (χ4n) is 2.20. The summed E-state index contributed by atoms with van der Waals surface area (Å²) in [6, 6.07) is 1.74. The molecule has 0 radical (unpaired) electrons. The van der Waals surface area contributed by atoms with E-state index < -0.39 is 5.97 Å². The lowest BCUT2D eigenvalue weighted by Gasteiger charge is -2.37. The number of carboxylic acid groups (broad SMARTS) is 1. The van der Waals surface area contributed by atoms with Crippen LogP contribution in [0.4, 0.5) is 5.69 Å². The number of carbonyl (C=O) groups is 1. The normalized spacial score (nSPS) is 24.7. The zero-order valence-corrected chi connectivity index (χ0v) is 9.96. The summed E-state index contributed by atoms with van der Waals surface area (Å²) in [5.74, 6) is -0.945. The van der Waals surface area contributed by atoms with Crippen molar-refractivity contribution in [3.8, 4) is 0 Å². The third kappa shape index (κ3) is 2.55. The van der Waals surface area contributed by atoms with Gasteiger partial charge in [-0.25, -0.2) is 4.79 Å². The number of anilines is 1. The van der Waals surface area contributed by atoms with E-state index in [1.807, 2.05) is 18.7 Å². The van der Waals surface area contributed by atoms with Crippen LogP contribution in [-0.2, 0) is 4.74 Å². The first kappa shape index (κ1) is 11.9. The molecule has 1 aliphatic heterocycles. The van der Waals surface area contributed by atoms with Crippen molar-refractivity contribution in [3.63, 3.8) is 0 Å². The van der Waals surface area contributed by atoms with Crippen LogP contribution < -0.4 is 4.90 Å². The average Bonchev–Trinajstić information content (AvgIpc) is 2.27. The van der Waals surface area contributed by atoms with E-state index in [9.17, 15) is 4.79 Å². The van der Waals surface area contributed by atoms with Gasteiger partial charge in [0.15, 0.2) is 0 Å². The van der Waals surface area contributed by atoms with E-state index in [1.165, 1.54) is 6.20 Å². The Kier molecular flexibility index (Phi) is 3.28. The molecule has 1 aromatic heterocycles. The first-order chi connectivity index (χ1) is 8.08. The molecule has 1 aromatic rings. The minimum Gasteiger partial charge on any atom is -0.478 e. The van der Waals surface area contributed by atoms with Crippen molar-refractivity contribution in [2.24, 2.45) is 0 Å². The van der Waals surface area contributed by atoms with Gasteiger partial charge in [0.25, 0.3) is 0 Å². The minimum absolute atomic E-state index is 0.105. The van der Waals surface area contributed by atoms with Gasteiger partial charge >= 0.3 is 5.97 Å². The molecule has 0 aromatic carbocycles. The zero-order valence-electron chi connectivity index (χ0n) is 9.96. The molecule has 0 spiro atoms. The second kappa shape index (κ2) is 4.71. The van der Waals surface area contributed by atoms with Crippen molar-refractivity contribution >= 4 is 11.7 Å². The summed E-state index contributed by atoms with van der Waals surface area (Å²) in [7, 11) is 0. The Bertz CT molecular complexity index is 412. The predicted octanol–water partition coefficient (Wildman–Crippen LogP) is 1.39. The molecule has 0 aliphatic carbocycles. The average molecular weight is 236 g/mol. The van der Waals surface area contributed by atoms with Gasteiger partial charge < -0.3 is 14.7 Å². The second-order valence-corrected chi connectivity index (χ2v) is 4.36. The number of nitrogens with zero attached hydrogens (tertiary/aromatic N) is 2. The van der Waals surface area contributed by atoms with E-state index >= 15 is 0 Å². The van der Waals surface area contributed by atoms with Crippen LogP contribution in [-0.4, -0.2) is 41.4 Å². The van der Waals surface area contributed by atoms with Gasteiger partial charge in [-0.3, -0.25) is 4.98 Å². The van der Waals surface area contributed by atoms with Crippen LogP contribution >= 0.6 is 0 Å². The third-order valence-corrected chi connectivity index (χ3v) is 2.79. The molecule has 1 saturated heterocycles. The molecular weight excluding hydrogens is 220 g/mol. The Morgan fingerprint density at radius 2 is 2.12 bits per heavy atom. The largest absolute Gasteiger partial charge is 0.478 e. The minimum atomic E-state index is -0.945. The van der Waals surface area contributed by atoms with Gasteiger partial charge in [-0.2, -0.15) is 0 Å². The molecule has 2 unspecified atom stereocenters. The molecule has 2 heterocycles. The molecule has 92 valence electrons. The summed E-state index contributed by atoms with van der Waals surface area (Å²) < 4.78 is 5.63. The molecule has 1 aliphatic rings. The quantitative estimate of drug-likeness (QED) is 0.840. The lowest BCUT2D eigenvalue weighted by atomic mass is 10.1. The summed E-state index contributed by atoms with van der Waals surface area (Å²) in [5.41, 5.74) is 0.961. The van der Waals surface area contributed by atoms with Crippen molar-refractivity contribution in [2.45, 2.75) is 26.1 Å². The van der Waals surface area contributed by atoms with E-state index in [2.05, 4.69) is 4.98 Å². The summed E-state index contributed by atoms with van der Waals surface area (Å²) in [5, 5.41) is 9.13. The molecule has 0 saturated carbocycles. The van der Waals surface area contributed by atoms with Crippen LogP contribution in [0.25, 0.3) is 0 Å². The van der Waals surface area contributed by atoms with Crippen molar-refractivity contribution in [1.29, 1.82) is 0 Å². The number of carboxylic acids is 1. The van der Waals surface area contributed by atoms with Crippen LogP contribution in [0.5, 0.6) is 0 Å². The Balaban J connectivity index is 2.30. The maximum Gasteiger partial charge on any atom is 0.339 e. The van der Waals surface area contributed by atoms with Crippen molar-refractivity contribution in [3.05, 3.63) is 24.0 Å². The smallest absolute Gasteiger partial charge is 0.339 e. The van der Waals surface area contributed by atoms with Gasteiger partial charge in [-0.1, -0.05) is 0 Å². The molecule has 2 rings (SSSR count). The SMILES string of the molecule is CC1CN(c2ccncc2C(=O)O)CC(C)O1. The summed E-state index contributed by atoms with van der Waals surface area (Å²) >= 11 is 0. The van der Waals surface area contributed by atoms with Gasteiger partial charge in [-0.05, 0) is 19.9 Å². The number of aromatic nitrogens is 1. The van der Waals surface area contributed by atoms with Crippen LogP contribution in [0.1, 0.15) is 24.2 Å². The molecule has 5 nitrogen and oxygen atoms in total. The molecule has 0 amide bonds. The Morgan fingerprint density at radius 3 is 2.71 bits per heavy atom. The van der Waals surface area contributed by atoms with Crippen molar-refractivity contribution < 1.29 is 14.6 Å². The number of hydrogen-bond donors (Lipinski definition) is 1. The van der Waals surface area contributed by atoms with Crippen LogP contribution in [0.2, 0.25) is 0 Å². The monoisotopic (exact) mass is 236 g/mol. The van der Waals surface area contributed by atoms with Gasteiger partial charge in [0, 0.05) is 25.5 Å². The topological polar surface area (TPSA) is 62.7 Å². The van der Waals surface area contributed by atoms with Crippen molar-refractivity contribution in [1.82, 2.24) is 4.98 Å². The first-order valence-corrected chi connectivity index (χ1v) is 5.65. The van der Waals surface area contributed by atoms with Crippen LogP contribution in [0.3, 0.4) is 0 Å². The second-order valence-electron chi connectivity index (χ2n) is 4.36. The highest BCUT2D eigenvalue weighted by Gasteiger charge is 2.25. The summed E-state index contributed by atoms with van der Waals surface area (Å²) in [6.45, 7) is 5.39. The molecular formula is C12H16N2O3. The molecule has 1 fully saturated rings. The fourth-order valence-corrected chi connectivity index (χ4v) is 2.20. The highest BCUT2D eigenvalue weighted by molar-refractivity contribution is 5.94. The molecule has 2 atom stereocenters.